The fraction of sp³-hybridized carbons (Fsp3) is 0.364. The summed E-state index contributed by atoms with van der Waals surface area (Å²) < 4.78 is 5.16. The molecule has 2 amide bonds. The molecule has 0 aliphatic carbocycles. The Morgan fingerprint density at radius 2 is 1.96 bits per heavy atom. The number of nitrogens with two attached hydrogens (primary N) is 1. The molecule has 1 heterocycles. The van der Waals surface area contributed by atoms with Crippen LogP contribution >= 0.6 is 0 Å². The van der Waals surface area contributed by atoms with E-state index in [9.17, 15) is 9.59 Å². The largest absolute Gasteiger partial charge is 0.495 e. The number of hydrogen-bond acceptors (Lipinski definition) is 4. The molecule has 0 fully saturated rings. The maximum atomic E-state index is 13.1. The van der Waals surface area contributed by atoms with E-state index >= 15 is 0 Å². The summed E-state index contributed by atoms with van der Waals surface area (Å²) in [5, 5.41) is 2.91. The number of nitrogen functional groups attached to an aromatic ring is 1. The Hall–Kier alpha value is -3.02. The number of benzene rings is 2. The molecule has 0 saturated heterocycles. The maximum Gasteiger partial charge on any atom is 0.247 e. The molecule has 0 saturated carbocycles. The minimum Gasteiger partial charge on any atom is -0.495 e. The van der Waals surface area contributed by atoms with E-state index in [0.717, 1.165) is 17.5 Å². The molecule has 2 atom stereocenters. The van der Waals surface area contributed by atoms with Crippen molar-refractivity contribution in [1.82, 2.24) is 4.90 Å². The van der Waals surface area contributed by atoms with Crippen LogP contribution in [0.3, 0.4) is 0 Å². The lowest BCUT2D eigenvalue weighted by Crippen LogP contribution is -2.52. The molecule has 2 aromatic rings. The van der Waals surface area contributed by atoms with Crippen LogP contribution in [-0.4, -0.2) is 29.9 Å². The highest BCUT2D eigenvalue weighted by Crippen LogP contribution is 2.28. The fourth-order valence-corrected chi connectivity index (χ4v) is 3.48. The first-order chi connectivity index (χ1) is 13.4. The first kappa shape index (κ1) is 19.7. The van der Waals surface area contributed by atoms with Crippen LogP contribution in [0.1, 0.15) is 31.4 Å². The minimum atomic E-state index is -0.556. The van der Waals surface area contributed by atoms with Gasteiger partial charge in [-0.05, 0) is 35.7 Å². The zero-order chi connectivity index (χ0) is 20.3. The summed E-state index contributed by atoms with van der Waals surface area (Å²) in [4.78, 5) is 27.8. The molecule has 0 bridgehead atoms. The molecule has 2 unspecified atom stereocenters. The first-order valence-corrected chi connectivity index (χ1v) is 9.56. The molecule has 1 aliphatic heterocycles. The molecule has 2 aromatic carbocycles. The molecule has 3 N–H and O–H groups in total. The van der Waals surface area contributed by atoms with Crippen LogP contribution in [0.2, 0.25) is 0 Å². The van der Waals surface area contributed by atoms with E-state index in [2.05, 4.69) is 5.32 Å². The Balaban J connectivity index is 1.86. The van der Waals surface area contributed by atoms with Crippen LogP contribution in [-0.2, 0) is 22.6 Å². The summed E-state index contributed by atoms with van der Waals surface area (Å²) in [6.07, 6.45) is 1.23. The van der Waals surface area contributed by atoms with Crippen LogP contribution in [0.25, 0.3) is 0 Å². The van der Waals surface area contributed by atoms with Gasteiger partial charge in [0, 0.05) is 24.6 Å². The number of nitrogens with zero attached hydrogens (tertiary/aromatic N) is 1. The van der Waals surface area contributed by atoms with E-state index in [0.29, 0.717) is 30.1 Å². The molecule has 3 rings (SSSR count). The van der Waals surface area contributed by atoms with Crippen molar-refractivity contribution in [3.63, 3.8) is 0 Å². The lowest BCUT2D eigenvalue weighted by molar-refractivity contribution is -0.143. The summed E-state index contributed by atoms with van der Waals surface area (Å²) in [7, 11) is 1.54. The normalized spacial score (nSPS) is 16.8. The highest BCUT2D eigenvalue weighted by Gasteiger charge is 2.35. The van der Waals surface area contributed by atoms with Gasteiger partial charge in [-0.2, -0.15) is 0 Å². The number of fused-ring (bicyclic) bond motifs is 1. The van der Waals surface area contributed by atoms with Crippen LogP contribution in [0.5, 0.6) is 5.75 Å². The van der Waals surface area contributed by atoms with Crippen molar-refractivity contribution in [2.45, 2.75) is 39.3 Å². The predicted molar refractivity (Wildman–Crippen MR) is 110 cm³/mol. The number of carbonyl (C=O) groups excluding carboxylic acids is 2. The van der Waals surface area contributed by atoms with Crippen LogP contribution in [0.4, 0.5) is 11.4 Å². The van der Waals surface area contributed by atoms with Crippen molar-refractivity contribution < 1.29 is 14.3 Å². The Bertz CT molecular complexity index is 881. The summed E-state index contributed by atoms with van der Waals surface area (Å²) in [6, 6.07) is 12.5. The SMILES string of the molecule is CCC(C)C(=O)N1Cc2ccccc2CC1C(=O)Nc1ccc(OC)c(N)c1. The number of nitrogens with one attached hydrogen (secondary N) is 1. The van der Waals surface area contributed by atoms with Crippen LogP contribution in [0, 0.1) is 5.92 Å². The number of hydrogen-bond donors (Lipinski definition) is 2. The molecule has 0 radical (unpaired) electrons. The van der Waals surface area contributed by atoms with Gasteiger partial charge >= 0.3 is 0 Å². The van der Waals surface area contributed by atoms with E-state index in [-0.39, 0.29) is 17.7 Å². The topological polar surface area (TPSA) is 84.7 Å². The van der Waals surface area contributed by atoms with Gasteiger partial charge in [0.2, 0.25) is 11.8 Å². The molecule has 28 heavy (non-hydrogen) atoms. The lowest BCUT2D eigenvalue weighted by atomic mass is 9.92. The molecule has 0 aromatic heterocycles. The van der Waals surface area contributed by atoms with Gasteiger partial charge in [-0.25, -0.2) is 0 Å². The number of carbonyl (C=O) groups is 2. The van der Waals surface area contributed by atoms with Gasteiger partial charge in [0.15, 0.2) is 0 Å². The number of amides is 2. The first-order valence-electron chi connectivity index (χ1n) is 9.56. The van der Waals surface area contributed by atoms with Crippen molar-refractivity contribution in [3.8, 4) is 5.75 Å². The van der Waals surface area contributed by atoms with E-state index in [1.54, 1.807) is 30.2 Å². The Labute approximate surface area is 165 Å². The summed E-state index contributed by atoms with van der Waals surface area (Å²) >= 11 is 0. The van der Waals surface area contributed by atoms with E-state index < -0.39 is 6.04 Å². The Morgan fingerprint density at radius 1 is 1.25 bits per heavy atom. The molecular formula is C22H27N3O3. The monoisotopic (exact) mass is 381 g/mol. The summed E-state index contributed by atoms with van der Waals surface area (Å²) in [5.74, 6) is 0.220. The van der Waals surface area contributed by atoms with E-state index in [4.69, 9.17) is 10.5 Å². The highest BCUT2D eigenvalue weighted by atomic mass is 16.5. The third-order valence-electron chi connectivity index (χ3n) is 5.37. The third kappa shape index (κ3) is 3.96. The summed E-state index contributed by atoms with van der Waals surface area (Å²) in [5.41, 5.74) is 9.17. The van der Waals surface area contributed by atoms with Gasteiger partial charge in [-0.3, -0.25) is 9.59 Å². The number of anilines is 2. The number of methoxy groups -OCH3 is 1. The quantitative estimate of drug-likeness (QED) is 0.779. The second kappa shape index (κ2) is 8.33. The second-order valence-corrected chi connectivity index (χ2v) is 7.21. The lowest BCUT2D eigenvalue weighted by Gasteiger charge is -2.37. The molecule has 1 aliphatic rings. The molecule has 6 nitrogen and oxygen atoms in total. The van der Waals surface area contributed by atoms with Crippen molar-refractivity contribution in [2.24, 2.45) is 5.92 Å². The average Bonchev–Trinajstić information content (AvgIpc) is 2.71. The van der Waals surface area contributed by atoms with Gasteiger partial charge < -0.3 is 20.7 Å². The third-order valence-corrected chi connectivity index (χ3v) is 5.37. The second-order valence-electron chi connectivity index (χ2n) is 7.21. The average molecular weight is 381 g/mol. The fourth-order valence-electron chi connectivity index (χ4n) is 3.48. The standard InChI is InChI=1S/C22H27N3O3/c1-4-14(2)22(27)25-13-16-8-6-5-7-15(16)11-19(25)21(26)24-17-9-10-20(28-3)18(23)12-17/h5-10,12,14,19H,4,11,13,23H2,1-3H3,(H,24,26). The maximum absolute atomic E-state index is 13.1. The van der Waals surface area contributed by atoms with Gasteiger partial charge in [0.05, 0.1) is 12.8 Å². The summed E-state index contributed by atoms with van der Waals surface area (Å²) in [6.45, 7) is 4.33. The smallest absolute Gasteiger partial charge is 0.247 e. The van der Waals surface area contributed by atoms with E-state index in [1.807, 2.05) is 38.1 Å². The Kier molecular flexibility index (Phi) is 5.87. The highest BCUT2D eigenvalue weighted by molar-refractivity contribution is 5.98. The van der Waals surface area contributed by atoms with Gasteiger partial charge in [0.25, 0.3) is 0 Å². The molecule has 6 heteroatoms. The number of rotatable bonds is 5. The van der Waals surface area contributed by atoms with Gasteiger partial charge in [0.1, 0.15) is 11.8 Å². The molecular weight excluding hydrogens is 354 g/mol. The van der Waals surface area contributed by atoms with Crippen molar-refractivity contribution >= 4 is 23.2 Å². The van der Waals surface area contributed by atoms with Crippen molar-refractivity contribution in [2.75, 3.05) is 18.2 Å². The van der Waals surface area contributed by atoms with Crippen molar-refractivity contribution in [3.05, 3.63) is 53.6 Å². The minimum absolute atomic E-state index is 0.00592. The van der Waals surface area contributed by atoms with Gasteiger partial charge in [-0.1, -0.05) is 38.1 Å². The predicted octanol–water partition coefficient (Wildman–Crippen LogP) is 3.22. The molecule has 148 valence electrons. The molecule has 0 spiro atoms. The van der Waals surface area contributed by atoms with Crippen LogP contribution < -0.4 is 15.8 Å². The Morgan fingerprint density at radius 3 is 2.61 bits per heavy atom. The van der Waals surface area contributed by atoms with Gasteiger partial charge in [-0.15, -0.1) is 0 Å². The number of ether oxygens (including phenoxy) is 1. The zero-order valence-corrected chi connectivity index (χ0v) is 16.6. The van der Waals surface area contributed by atoms with Crippen LogP contribution in [0.15, 0.2) is 42.5 Å². The van der Waals surface area contributed by atoms with E-state index in [1.165, 1.54) is 0 Å². The zero-order valence-electron chi connectivity index (χ0n) is 16.6. The van der Waals surface area contributed by atoms with Crippen molar-refractivity contribution in [1.29, 1.82) is 0 Å².